The average Bonchev–Trinajstić information content (AvgIpc) is 2.43. The molecule has 128 valence electrons. The monoisotopic (exact) mass is 353 g/mol. The lowest BCUT2D eigenvalue weighted by molar-refractivity contribution is -0.174. The van der Waals surface area contributed by atoms with Crippen molar-refractivity contribution in [3.8, 4) is 5.75 Å². The summed E-state index contributed by atoms with van der Waals surface area (Å²) in [5.41, 5.74) is -1.26. The van der Waals surface area contributed by atoms with Crippen LogP contribution in [0.3, 0.4) is 0 Å². The van der Waals surface area contributed by atoms with Crippen LogP contribution in [0.1, 0.15) is 12.5 Å². The molecule has 0 aliphatic carbocycles. The highest BCUT2D eigenvalue weighted by molar-refractivity contribution is 6.30. The fraction of sp³-hybridized carbons (Fsp3) is 0.429. The zero-order valence-electron chi connectivity index (χ0n) is 12.3. The SMILES string of the molecule is COc1ccc(Cl)cc1CC(C)(CNC(=O)C(F)(F)F)C(=O)O. The molecule has 1 unspecified atom stereocenters. The third-order valence-electron chi connectivity index (χ3n) is 3.24. The summed E-state index contributed by atoms with van der Waals surface area (Å²) in [5, 5.41) is 11.3. The van der Waals surface area contributed by atoms with E-state index in [9.17, 15) is 27.9 Å². The number of aliphatic carboxylic acids is 1. The summed E-state index contributed by atoms with van der Waals surface area (Å²) in [6.45, 7) is 0.530. The number of hydrogen-bond acceptors (Lipinski definition) is 3. The predicted octanol–water partition coefficient (Wildman–Crippen LogP) is 2.66. The zero-order valence-corrected chi connectivity index (χ0v) is 13.1. The fourth-order valence-electron chi connectivity index (χ4n) is 1.89. The molecule has 23 heavy (non-hydrogen) atoms. The van der Waals surface area contributed by atoms with Gasteiger partial charge in [-0.05, 0) is 37.1 Å². The van der Waals surface area contributed by atoms with Crippen molar-refractivity contribution in [1.82, 2.24) is 5.32 Å². The lowest BCUT2D eigenvalue weighted by atomic mass is 9.83. The molecule has 0 saturated carbocycles. The van der Waals surface area contributed by atoms with E-state index in [1.54, 1.807) is 5.32 Å². The van der Waals surface area contributed by atoms with Crippen LogP contribution >= 0.6 is 11.6 Å². The summed E-state index contributed by atoms with van der Waals surface area (Å²) in [6.07, 6.45) is -5.25. The van der Waals surface area contributed by atoms with Gasteiger partial charge in [-0.15, -0.1) is 0 Å². The Labute approximate surface area is 135 Å². The molecule has 0 heterocycles. The lowest BCUT2D eigenvalue weighted by Gasteiger charge is -2.26. The van der Waals surface area contributed by atoms with Crippen LogP contribution in [0.25, 0.3) is 0 Å². The topological polar surface area (TPSA) is 75.6 Å². The predicted molar refractivity (Wildman–Crippen MR) is 76.5 cm³/mol. The summed E-state index contributed by atoms with van der Waals surface area (Å²) < 4.78 is 41.8. The van der Waals surface area contributed by atoms with Gasteiger partial charge in [0.05, 0.1) is 12.5 Å². The van der Waals surface area contributed by atoms with Gasteiger partial charge in [0.1, 0.15) is 5.75 Å². The molecule has 1 aromatic carbocycles. The minimum Gasteiger partial charge on any atom is -0.496 e. The Morgan fingerprint density at radius 2 is 1.96 bits per heavy atom. The number of methoxy groups -OCH3 is 1. The van der Waals surface area contributed by atoms with Gasteiger partial charge >= 0.3 is 18.1 Å². The fourth-order valence-corrected chi connectivity index (χ4v) is 2.09. The van der Waals surface area contributed by atoms with Crippen molar-refractivity contribution in [2.75, 3.05) is 13.7 Å². The van der Waals surface area contributed by atoms with Gasteiger partial charge in [-0.2, -0.15) is 13.2 Å². The Kier molecular flexibility index (Phi) is 5.87. The highest BCUT2D eigenvalue weighted by atomic mass is 35.5. The molecule has 0 fully saturated rings. The Morgan fingerprint density at radius 1 is 1.35 bits per heavy atom. The second-order valence-electron chi connectivity index (χ2n) is 5.18. The van der Waals surface area contributed by atoms with Crippen LogP contribution in [-0.4, -0.2) is 36.8 Å². The number of carbonyl (C=O) groups is 2. The van der Waals surface area contributed by atoms with Crippen molar-refractivity contribution in [2.24, 2.45) is 5.41 Å². The molecular formula is C14H15ClF3NO4. The van der Waals surface area contributed by atoms with Crippen molar-refractivity contribution in [3.63, 3.8) is 0 Å². The normalized spacial score (nSPS) is 14.0. The Balaban J connectivity index is 3.00. The summed E-state index contributed by atoms with van der Waals surface area (Å²) >= 11 is 5.85. The highest BCUT2D eigenvalue weighted by Gasteiger charge is 2.41. The third kappa shape index (κ3) is 5.02. The Bertz CT molecular complexity index is 606. The number of ether oxygens (including phenoxy) is 1. The first-order chi connectivity index (χ1) is 10.5. The molecule has 5 nitrogen and oxygen atoms in total. The average molecular weight is 354 g/mol. The van der Waals surface area contributed by atoms with E-state index >= 15 is 0 Å². The molecule has 2 N–H and O–H groups in total. The summed E-state index contributed by atoms with van der Waals surface area (Å²) in [5.74, 6) is -3.20. The summed E-state index contributed by atoms with van der Waals surface area (Å²) in [6, 6.07) is 4.52. The van der Waals surface area contributed by atoms with E-state index < -0.39 is 30.0 Å². The molecule has 0 radical (unpaired) electrons. The first-order valence-corrected chi connectivity index (χ1v) is 6.78. The van der Waals surface area contributed by atoms with Gasteiger partial charge in [0, 0.05) is 11.6 Å². The van der Waals surface area contributed by atoms with E-state index in [1.807, 2.05) is 0 Å². The van der Waals surface area contributed by atoms with Gasteiger partial charge < -0.3 is 15.2 Å². The van der Waals surface area contributed by atoms with Gasteiger partial charge in [0.15, 0.2) is 0 Å². The molecule has 0 aliphatic heterocycles. The smallest absolute Gasteiger partial charge is 0.471 e. The number of benzene rings is 1. The van der Waals surface area contributed by atoms with Crippen molar-refractivity contribution in [3.05, 3.63) is 28.8 Å². The van der Waals surface area contributed by atoms with Crippen molar-refractivity contribution in [1.29, 1.82) is 0 Å². The summed E-state index contributed by atoms with van der Waals surface area (Å²) in [4.78, 5) is 22.4. The molecular weight excluding hydrogens is 339 g/mol. The van der Waals surface area contributed by atoms with Crippen LogP contribution in [0.5, 0.6) is 5.75 Å². The molecule has 0 aromatic heterocycles. The molecule has 1 aromatic rings. The van der Waals surface area contributed by atoms with Crippen molar-refractivity contribution in [2.45, 2.75) is 19.5 Å². The second-order valence-corrected chi connectivity index (χ2v) is 5.62. The molecule has 9 heteroatoms. The quantitative estimate of drug-likeness (QED) is 0.824. The number of carboxylic acid groups (broad SMARTS) is 1. The number of hydrogen-bond donors (Lipinski definition) is 2. The van der Waals surface area contributed by atoms with E-state index in [0.717, 1.165) is 0 Å². The van der Waals surface area contributed by atoms with E-state index in [4.69, 9.17) is 16.3 Å². The molecule has 0 saturated heterocycles. The number of nitrogens with one attached hydrogen (secondary N) is 1. The molecule has 1 atom stereocenters. The van der Waals surface area contributed by atoms with Gasteiger partial charge in [-0.25, -0.2) is 0 Å². The number of alkyl halides is 3. The van der Waals surface area contributed by atoms with Crippen molar-refractivity contribution < 1.29 is 32.6 Å². The maximum atomic E-state index is 12.2. The maximum absolute atomic E-state index is 12.2. The van der Waals surface area contributed by atoms with E-state index in [0.29, 0.717) is 16.3 Å². The standard InChI is InChI=1S/C14H15ClF3NO4/c1-13(12(21)22,7-19-11(20)14(16,17)18)6-8-5-9(15)3-4-10(8)23-2/h3-5H,6-7H2,1-2H3,(H,19,20)(H,21,22). The van der Waals surface area contributed by atoms with Crippen LogP contribution in [0, 0.1) is 5.41 Å². The second kappa shape index (κ2) is 7.08. The highest BCUT2D eigenvalue weighted by Crippen LogP contribution is 2.30. The molecule has 1 amide bonds. The molecule has 0 bridgehead atoms. The summed E-state index contributed by atoms with van der Waals surface area (Å²) in [7, 11) is 1.37. The Morgan fingerprint density at radius 3 is 2.43 bits per heavy atom. The number of carboxylic acids is 1. The first kappa shape index (κ1) is 19.1. The molecule has 0 spiro atoms. The number of amides is 1. The zero-order chi connectivity index (χ0) is 17.8. The minimum absolute atomic E-state index is 0.176. The van der Waals surface area contributed by atoms with Gasteiger partial charge in [0.25, 0.3) is 0 Å². The van der Waals surface area contributed by atoms with Crippen LogP contribution in [-0.2, 0) is 16.0 Å². The van der Waals surface area contributed by atoms with E-state index in [2.05, 4.69) is 0 Å². The van der Waals surface area contributed by atoms with Crippen LogP contribution in [0.15, 0.2) is 18.2 Å². The maximum Gasteiger partial charge on any atom is 0.471 e. The number of carbonyl (C=O) groups excluding carboxylic acids is 1. The van der Waals surface area contributed by atoms with E-state index in [-0.39, 0.29) is 6.42 Å². The number of halogens is 4. The number of rotatable bonds is 6. The first-order valence-electron chi connectivity index (χ1n) is 6.40. The lowest BCUT2D eigenvalue weighted by Crippen LogP contribution is -2.46. The van der Waals surface area contributed by atoms with Gasteiger partial charge in [-0.1, -0.05) is 11.6 Å². The van der Waals surface area contributed by atoms with Crippen LogP contribution in [0.2, 0.25) is 5.02 Å². The molecule has 0 aliphatic rings. The van der Waals surface area contributed by atoms with Crippen LogP contribution < -0.4 is 10.1 Å². The molecule has 1 rings (SSSR count). The van der Waals surface area contributed by atoms with Gasteiger partial charge in [-0.3, -0.25) is 9.59 Å². The van der Waals surface area contributed by atoms with Gasteiger partial charge in [0.2, 0.25) is 0 Å². The van der Waals surface area contributed by atoms with Crippen molar-refractivity contribution >= 4 is 23.5 Å². The largest absolute Gasteiger partial charge is 0.496 e. The third-order valence-corrected chi connectivity index (χ3v) is 3.47. The van der Waals surface area contributed by atoms with E-state index in [1.165, 1.54) is 32.2 Å². The Hall–Kier alpha value is -1.96. The minimum atomic E-state index is -5.08. The van der Waals surface area contributed by atoms with Crippen LogP contribution in [0.4, 0.5) is 13.2 Å².